The first-order valence-corrected chi connectivity index (χ1v) is 6.18. The third-order valence-electron chi connectivity index (χ3n) is 3.66. The van der Waals surface area contributed by atoms with E-state index in [1.807, 2.05) is 12.3 Å². The summed E-state index contributed by atoms with van der Waals surface area (Å²) in [5.41, 5.74) is 8.17. The molecule has 0 spiro atoms. The van der Waals surface area contributed by atoms with Gasteiger partial charge in [0.2, 0.25) is 0 Å². The van der Waals surface area contributed by atoms with Gasteiger partial charge < -0.3 is 11.1 Å². The predicted molar refractivity (Wildman–Crippen MR) is 67.3 cm³/mol. The minimum Gasteiger partial charge on any atom is -0.398 e. The summed E-state index contributed by atoms with van der Waals surface area (Å²) in [7, 11) is 2.06. The Hall–Kier alpha value is -1.09. The molecule has 2 rings (SSSR count). The highest BCUT2D eigenvalue weighted by atomic mass is 14.9. The third kappa shape index (κ3) is 2.53. The fourth-order valence-corrected chi connectivity index (χ4v) is 2.66. The Morgan fingerprint density at radius 2 is 2.19 bits per heavy atom. The van der Waals surface area contributed by atoms with Gasteiger partial charge in [0.25, 0.3) is 0 Å². The van der Waals surface area contributed by atoms with Gasteiger partial charge in [-0.2, -0.15) is 0 Å². The molecule has 3 nitrogen and oxygen atoms in total. The van der Waals surface area contributed by atoms with E-state index in [0.29, 0.717) is 12.0 Å². The van der Waals surface area contributed by atoms with E-state index in [-0.39, 0.29) is 0 Å². The second kappa shape index (κ2) is 5.30. The molecule has 1 aliphatic rings. The Labute approximate surface area is 97.5 Å². The molecule has 1 saturated carbocycles. The molecule has 16 heavy (non-hydrogen) atoms. The smallest absolute Gasteiger partial charge is 0.0380 e. The number of aromatic nitrogens is 1. The van der Waals surface area contributed by atoms with Crippen molar-refractivity contribution in [3.8, 4) is 0 Å². The Kier molecular flexibility index (Phi) is 3.78. The molecular weight excluding hydrogens is 198 g/mol. The van der Waals surface area contributed by atoms with E-state index in [4.69, 9.17) is 5.73 Å². The Morgan fingerprint density at radius 1 is 1.38 bits per heavy atom. The highest BCUT2D eigenvalue weighted by Gasteiger charge is 2.21. The minimum atomic E-state index is 0.577. The maximum Gasteiger partial charge on any atom is 0.0380 e. The zero-order valence-electron chi connectivity index (χ0n) is 9.95. The molecule has 0 bridgehead atoms. The van der Waals surface area contributed by atoms with Gasteiger partial charge in [-0.3, -0.25) is 4.98 Å². The molecule has 3 heteroatoms. The van der Waals surface area contributed by atoms with Crippen molar-refractivity contribution in [1.29, 1.82) is 0 Å². The lowest BCUT2D eigenvalue weighted by Gasteiger charge is -2.20. The van der Waals surface area contributed by atoms with Crippen molar-refractivity contribution in [2.75, 3.05) is 12.8 Å². The van der Waals surface area contributed by atoms with Crippen LogP contribution >= 0.6 is 0 Å². The zero-order valence-corrected chi connectivity index (χ0v) is 9.95. The zero-order chi connectivity index (χ0) is 11.4. The first kappa shape index (κ1) is 11.4. The molecule has 0 radical (unpaired) electrons. The molecule has 0 saturated heterocycles. The number of nitrogens with zero attached hydrogens (tertiary/aromatic N) is 1. The van der Waals surface area contributed by atoms with Crippen molar-refractivity contribution in [3.05, 3.63) is 24.0 Å². The quantitative estimate of drug-likeness (QED) is 0.750. The summed E-state index contributed by atoms with van der Waals surface area (Å²) in [5.74, 6) is 0.577. The molecule has 1 aliphatic carbocycles. The van der Waals surface area contributed by atoms with E-state index in [0.717, 1.165) is 5.69 Å². The highest BCUT2D eigenvalue weighted by molar-refractivity contribution is 5.46. The fourth-order valence-electron chi connectivity index (χ4n) is 2.66. The number of nitrogens with two attached hydrogens (primary N) is 1. The third-order valence-corrected chi connectivity index (χ3v) is 3.66. The number of nitrogen functional groups attached to an aromatic ring is 1. The van der Waals surface area contributed by atoms with Gasteiger partial charge in [-0.25, -0.2) is 0 Å². The van der Waals surface area contributed by atoms with Crippen LogP contribution in [0.5, 0.6) is 0 Å². The maximum atomic E-state index is 6.03. The van der Waals surface area contributed by atoms with Crippen LogP contribution in [-0.4, -0.2) is 18.1 Å². The van der Waals surface area contributed by atoms with Gasteiger partial charge in [0.15, 0.2) is 0 Å². The molecule has 2 unspecified atom stereocenters. The van der Waals surface area contributed by atoms with Crippen LogP contribution in [0.15, 0.2) is 18.5 Å². The average molecular weight is 219 g/mol. The second-order valence-corrected chi connectivity index (χ2v) is 4.71. The summed E-state index contributed by atoms with van der Waals surface area (Å²) >= 11 is 0. The highest BCUT2D eigenvalue weighted by Crippen LogP contribution is 2.33. The van der Waals surface area contributed by atoms with Crippen LogP contribution in [0, 0.1) is 0 Å². The molecule has 1 heterocycles. The molecule has 0 aromatic carbocycles. The van der Waals surface area contributed by atoms with E-state index in [1.165, 1.54) is 37.7 Å². The summed E-state index contributed by atoms with van der Waals surface area (Å²) in [6, 6.07) is 2.54. The summed E-state index contributed by atoms with van der Waals surface area (Å²) < 4.78 is 0. The molecule has 2 atom stereocenters. The van der Waals surface area contributed by atoms with Gasteiger partial charge in [0, 0.05) is 24.1 Å². The Balaban J connectivity index is 2.16. The second-order valence-electron chi connectivity index (χ2n) is 4.71. The topological polar surface area (TPSA) is 50.9 Å². The van der Waals surface area contributed by atoms with Crippen LogP contribution in [0.2, 0.25) is 0 Å². The standard InChI is InChI=1S/C13H21N3/c1-15-11-5-3-2-4-10(8-11)12-9-16-7-6-13(12)14/h6-7,9-11,15H,2-5,8H2,1H3,(H2,14,16). The lowest BCUT2D eigenvalue weighted by Crippen LogP contribution is -2.26. The predicted octanol–water partition coefficient (Wildman–Crippen LogP) is 2.30. The van der Waals surface area contributed by atoms with Crippen LogP contribution < -0.4 is 11.1 Å². The van der Waals surface area contributed by atoms with Crippen molar-refractivity contribution in [2.24, 2.45) is 0 Å². The minimum absolute atomic E-state index is 0.577. The van der Waals surface area contributed by atoms with Crippen LogP contribution in [0.25, 0.3) is 0 Å². The molecule has 0 aliphatic heterocycles. The molecule has 0 amide bonds. The molecule has 88 valence electrons. The fraction of sp³-hybridized carbons (Fsp3) is 0.615. The number of anilines is 1. The van der Waals surface area contributed by atoms with Gasteiger partial charge in [-0.05, 0) is 43.9 Å². The van der Waals surface area contributed by atoms with Gasteiger partial charge in [0.1, 0.15) is 0 Å². The molecule has 3 N–H and O–H groups in total. The van der Waals surface area contributed by atoms with Crippen LogP contribution in [0.1, 0.15) is 43.6 Å². The molecule has 1 aromatic heterocycles. The Morgan fingerprint density at radius 3 is 2.94 bits per heavy atom. The number of pyridine rings is 1. The lowest BCUT2D eigenvalue weighted by molar-refractivity contribution is 0.471. The lowest BCUT2D eigenvalue weighted by atomic mass is 9.90. The summed E-state index contributed by atoms with van der Waals surface area (Å²) in [5, 5.41) is 3.40. The number of nitrogens with one attached hydrogen (secondary N) is 1. The van der Waals surface area contributed by atoms with Crippen LogP contribution in [0.4, 0.5) is 5.69 Å². The van der Waals surface area contributed by atoms with Crippen molar-refractivity contribution in [2.45, 2.75) is 44.1 Å². The van der Waals surface area contributed by atoms with Crippen molar-refractivity contribution in [3.63, 3.8) is 0 Å². The number of rotatable bonds is 2. The summed E-state index contributed by atoms with van der Waals surface area (Å²) in [6.45, 7) is 0. The summed E-state index contributed by atoms with van der Waals surface area (Å²) in [4.78, 5) is 4.20. The SMILES string of the molecule is CNC1CCCCC(c2cnccc2N)C1. The van der Waals surface area contributed by atoms with Crippen molar-refractivity contribution < 1.29 is 0 Å². The number of hydrogen-bond acceptors (Lipinski definition) is 3. The van der Waals surface area contributed by atoms with E-state index in [9.17, 15) is 0 Å². The van der Waals surface area contributed by atoms with Gasteiger partial charge in [-0.15, -0.1) is 0 Å². The summed E-state index contributed by atoms with van der Waals surface area (Å²) in [6.07, 6.45) is 10.1. The molecule has 1 aromatic rings. The van der Waals surface area contributed by atoms with Crippen molar-refractivity contribution in [1.82, 2.24) is 10.3 Å². The first-order chi connectivity index (χ1) is 7.81. The number of hydrogen-bond donors (Lipinski definition) is 2. The van der Waals surface area contributed by atoms with Gasteiger partial charge in [0.05, 0.1) is 0 Å². The normalized spacial score (nSPS) is 26.3. The largest absolute Gasteiger partial charge is 0.398 e. The van der Waals surface area contributed by atoms with E-state index < -0.39 is 0 Å². The van der Waals surface area contributed by atoms with E-state index in [1.54, 1.807) is 6.20 Å². The molecular formula is C13H21N3. The van der Waals surface area contributed by atoms with Crippen LogP contribution in [0.3, 0.4) is 0 Å². The van der Waals surface area contributed by atoms with Gasteiger partial charge >= 0.3 is 0 Å². The van der Waals surface area contributed by atoms with Crippen LogP contribution in [-0.2, 0) is 0 Å². The maximum absolute atomic E-state index is 6.03. The average Bonchev–Trinajstić information content (AvgIpc) is 2.55. The van der Waals surface area contributed by atoms with Crippen molar-refractivity contribution >= 4 is 5.69 Å². The van der Waals surface area contributed by atoms with E-state index >= 15 is 0 Å². The first-order valence-electron chi connectivity index (χ1n) is 6.18. The van der Waals surface area contributed by atoms with Gasteiger partial charge in [-0.1, -0.05) is 12.8 Å². The molecule has 1 fully saturated rings. The van der Waals surface area contributed by atoms with E-state index in [2.05, 4.69) is 17.3 Å². The Bertz CT molecular complexity index is 338. The monoisotopic (exact) mass is 219 g/mol.